The van der Waals surface area contributed by atoms with Gasteiger partial charge in [-0.3, -0.25) is 0 Å². The molecule has 0 fully saturated rings. The first-order chi connectivity index (χ1) is 12.4. The molecule has 0 aromatic rings. The summed E-state index contributed by atoms with van der Waals surface area (Å²) in [4.78, 5) is 0. The molecule has 0 aromatic heterocycles. The van der Waals surface area contributed by atoms with Crippen LogP contribution in [-0.4, -0.2) is 40.6 Å². The molecule has 0 aliphatic carbocycles. The molecule has 0 aliphatic rings. The van der Waals surface area contributed by atoms with Gasteiger partial charge in [0.1, 0.15) is 0 Å². The van der Waals surface area contributed by atoms with Gasteiger partial charge in [0.15, 0.2) is 16.6 Å². The smallest absolute Gasteiger partial charge is 0.192 e. The summed E-state index contributed by atoms with van der Waals surface area (Å²) in [5.74, 6) is 0. The first-order valence-corrected chi connectivity index (χ1v) is 16.5. The summed E-state index contributed by atoms with van der Waals surface area (Å²) in [5, 5.41) is 10.5. The fraction of sp³-hybridized carbons (Fsp3) is 0.826. The Morgan fingerprint density at radius 3 is 1.93 bits per heavy atom. The lowest BCUT2D eigenvalue weighted by molar-refractivity contribution is 0.141. The standard InChI is InChI=1S/C23H48O3Si2/c1-13-14-20(24)17-19(2)18-21(26-28(11,12)23(6,7)8)15-16-25-27(9,10)22(3,4)5/h13,17,20-21,24H,1,14-16,18H2,2-12H3/b19-17+/t20-,21+/m0/s1. The minimum Gasteiger partial charge on any atom is -0.417 e. The zero-order valence-corrected chi connectivity index (χ0v) is 22.6. The topological polar surface area (TPSA) is 38.7 Å². The summed E-state index contributed by atoms with van der Waals surface area (Å²) in [7, 11) is -3.63. The predicted octanol–water partition coefficient (Wildman–Crippen LogP) is 7.06. The summed E-state index contributed by atoms with van der Waals surface area (Å²) >= 11 is 0. The van der Waals surface area contributed by atoms with Crippen LogP contribution in [0.25, 0.3) is 0 Å². The van der Waals surface area contributed by atoms with E-state index in [0.29, 0.717) is 6.42 Å². The average molecular weight is 429 g/mol. The lowest BCUT2D eigenvalue weighted by Crippen LogP contribution is -2.45. The molecule has 0 aromatic carbocycles. The molecule has 0 aliphatic heterocycles. The quantitative estimate of drug-likeness (QED) is 0.283. The molecule has 5 heteroatoms. The summed E-state index contributed by atoms with van der Waals surface area (Å²) in [6.45, 7) is 29.4. The Morgan fingerprint density at radius 2 is 1.50 bits per heavy atom. The van der Waals surface area contributed by atoms with Gasteiger partial charge in [-0.05, 0) is 62.5 Å². The van der Waals surface area contributed by atoms with Gasteiger partial charge in [0.05, 0.1) is 12.2 Å². The number of aliphatic hydroxyl groups is 1. The Kier molecular flexibility index (Phi) is 10.6. The van der Waals surface area contributed by atoms with E-state index >= 15 is 0 Å². The van der Waals surface area contributed by atoms with Crippen molar-refractivity contribution in [1.29, 1.82) is 0 Å². The van der Waals surface area contributed by atoms with Crippen molar-refractivity contribution in [3.05, 3.63) is 24.3 Å². The van der Waals surface area contributed by atoms with Crippen LogP contribution < -0.4 is 0 Å². The van der Waals surface area contributed by atoms with E-state index in [1.807, 2.05) is 6.08 Å². The molecule has 0 bridgehead atoms. The minimum absolute atomic E-state index is 0.123. The molecule has 0 saturated carbocycles. The van der Waals surface area contributed by atoms with Crippen LogP contribution in [0.4, 0.5) is 0 Å². The Balaban J connectivity index is 5.22. The number of hydrogen-bond acceptors (Lipinski definition) is 3. The molecule has 0 unspecified atom stereocenters. The third kappa shape index (κ3) is 9.53. The van der Waals surface area contributed by atoms with E-state index in [4.69, 9.17) is 8.85 Å². The normalized spacial score (nSPS) is 16.8. The van der Waals surface area contributed by atoms with Gasteiger partial charge in [0.25, 0.3) is 0 Å². The summed E-state index contributed by atoms with van der Waals surface area (Å²) in [6, 6.07) is 0. The van der Waals surface area contributed by atoms with E-state index in [1.165, 1.54) is 5.57 Å². The highest BCUT2D eigenvalue weighted by Crippen LogP contribution is 2.39. The maximum absolute atomic E-state index is 10.1. The lowest BCUT2D eigenvalue weighted by Gasteiger charge is -2.40. The van der Waals surface area contributed by atoms with Gasteiger partial charge in [0, 0.05) is 6.61 Å². The monoisotopic (exact) mass is 428 g/mol. The van der Waals surface area contributed by atoms with E-state index in [9.17, 15) is 5.11 Å². The van der Waals surface area contributed by atoms with Crippen molar-refractivity contribution < 1.29 is 14.0 Å². The number of hydrogen-bond donors (Lipinski definition) is 1. The third-order valence-electron chi connectivity index (χ3n) is 6.41. The molecule has 0 spiro atoms. The van der Waals surface area contributed by atoms with Crippen molar-refractivity contribution in [3.63, 3.8) is 0 Å². The minimum atomic E-state index is -1.87. The molecule has 0 amide bonds. The molecule has 0 saturated heterocycles. The molecular weight excluding hydrogens is 380 g/mol. The van der Waals surface area contributed by atoms with Crippen LogP contribution in [-0.2, 0) is 8.85 Å². The summed E-state index contributed by atoms with van der Waals surface area (Å²) in [6.07, 6.45) is 5.67. The third-order valence-corrected chi connectivity index (χ3v) is 15.5. The Bertz CT molecular complexity index is 511. The van der Waals surface area contributed by atoms with E-state index in [0.717, 1.165) is 19.4 Å². The zero-order valence-electron chi connectivity index (χ0n) is 20.6. The molecule has 0 heterocycles. The van der Waals surface area contributed by atoms with Gasteiger partial charge in [-0.25, -0.2) is 0 Å². The molecule has 0 rings (SSSR count). The van der Waals surface area contributed by atoms with Crippen LogP contribution >= 0.6 is 0 Å². The van der Waals surface area contributed by atoms with E-state index < -0.39 is 22.7 Å². The fourth-order valence-electron chi connectivity index (χ4n) is 2.45. The van der Waals surface area contributed by atoms with Crippen molar-refractivity contribution in [1.82, 2.24) is 0 Å². The second kappa shape index (κ2) is 10.7. The molecule has 0 radical (unpaired) electrons. The highest BCUT2D eigenvalue weighted by molar-refractivity contribution is 6.74. The summed E-state index contributed by atoms with van der Waals surface area (Å²) < 4.78 is 13.2. The highest BCUT2D eigenvalue weighted by atomic mass is 28.4. The van der Waals surface area contributed by atoms with E-state index in [1.54, 1.807) is 6.08 Å². The molecule has 1 N–H and O–H groups in total. The van der Waals surface area contributed by atoms with Crippen molar-refractivity contribution in [2.24, 2.45) is 0 Å². The van der Waals surface area contributed by atoms with Crippen molar-refractivity contribution in [2.75, 3.05) is 6.61 Å². The Labute approximate surface area is 177 Å². The van der Waals surface area contributed by atoms with Crippen molar-refractivity contribution >= 4 is 16.6 Å². The van der Waals surface area contributed by atoms with Gasteiger partial charge < -0.3 is 14.0 Å². The molecular formula is C23H48O3Si2. The second-order valence-electron chi connectivity index (χ2n) is 11.2. The van der Waals surface area contributed by atoms with Gasteiger partial charge in [-0.1, -0.05) is 59.3 Å². The van der Waals surface area contributed by atoms with Crippen LogP contribution in [0, 0.1) is 0 Å². The average Bonchev–Trinajstić information content (AvgIpc) is 2.43. The van der Waals surface area contributed by atoms with Crippen LogP contribution in [0.15, 0.2) is 24.3 Å². The zero-order chi connectivity index (χ0) is 22.4. The molecule has 166 valence electrons. The highest BCUT2D eigenvalue weighted by Gasteiger charge is 2.40. The predicted molar refractivity (Wildman–Crippen MR) is 129 cm³/mol. The van der Waals surface area contributed by atoms with Crippen LogP contribution in [0.5, 0.6) is 0 Å². The second-order valence-corrected chi connectivity index (χ2v) is 20.8. The molecule has 3 nitrogen and oxygen atoms in total. The SMILES string of the molecule is C=CC[C@H](O)/C=C(\C)C[C@@H](CCO[Si](C)(C)C(C)(C)C)O[Si](C)(C)C(C)(C)C. The van der Waals surface area contributed by atoms with Crippen LogP contribution in [0.3, 0.4) is 0 Å². The van der Waals surface area contributed by atoms with E-state index in [2.05, 4.69) is 81.2 Å². The fourth-order valence-corrected chi connectivity index (χ4v) is 4.90. The lowest BCUT2D eigenvalue weighted by atomic mass is 10.0. The Morgan fingerprint density at radius 1 is 1.00 bits per heavy atom. The largest absolute Gasteiger partial charge is 0.417 e. The summed E-state index contributed by atoms with van der Waals surface area (Å²) in [5.41, 5.74) is 1.17. The first kappa shape index (κ1) is 27.8. The number of rotatable bonds is 11. The first-order valence-electron chi connectivity index (χ1n) is 10.7. The van der Waals surface area contributed by atoms with Crippen molar-refractivity contribution in [3.8, 4) is 0 Å². The molecule has 28 heavy (non-hydrogen) atoms. The van der Waals surface area contributed by atoms with Gasteiger partial charge >= 0.3 is 0 Å². The maximum Gasteiger partial charge on any atom is 0.192 e. The maximum atomic E-state index is 10.1. The van der Waals surface area contributed by atoms with Gasteiger partial charge in [0.2, 0.25) is 0 Å². The van der Waals surface area contributed by atoms with Gasteiger partial charge in [-0.15, -0.1) is 6.58 Å². The Hall–Kier alpha value is -0.206. The van der Waals surface area contributed by atoms with Crippen LogP contribution in [0.2, 0.25) is 36.3 Å². The molecule has 2 atom stereocenters. The van der Waals surface area contributed by atoms with Crippen molar-refractivity contribution in [2.45, 2.75) is 116 Å². The van der Waals surface area contributed by atoms with Crippen LogP contribution in [0.1, 0.15) is 67.7 Å². The van der Waals surface area contributed by atoms with E-state index in [-0.39, 0.29) is 16.2 Å². The van der Waals surface area contributed by atoms with Gasteiger partial charge in [-0.2, -0.15) is 0 Å². The number of aliphatic hydroxyl groups excluding tert-OH is 1.